The van der Waals surface area contributed by atoms with E-state index in [2.05, 4.69) is 21.0 Å². The molecule has 2 rings (SSSR count). The Morgan fingerprint density at radius 2 is 1.37 bits per heavy atom. The Labute approximate surface area is 270 Å². The summed E-state index contributed by atoms with van der Waals surface area (Å²) in [6.45, 7) is 15.5. The highest BCUT2D eigenvalue weighted by Crippen LogP contribution is 2.29. The normalized spacial score (nSPS) is 13.0. The van der Waals surface area contributed by atoms with E-state index in [9.17, 15) is 29.4 Å². The molecule has 1 atom stereocenters. The number of aliphatic hydroxyl groups excluding tert-OH is 1. The van der Waals surface area contributed by atoms with Crippen LogP contribution in [-0.4, -0.2) is 79.5 Å². The summed E-state index contributed by atoms with van der Waals surface area (Å²) in [4.78, 5) is 52.1. The van der Waals surface area contributed by atoms with Gasteiger partial charge >= 0.3 is 12.2 Å². The lowest BCUT2D eigenvalue weighted by atomic mass is 10.0. The predicted octanol–water partition coefficient (Wildman–Crippen LogP) is 3.74. The van der Waals surface area contributed by atoms with Crippen molar-refractivity contribution in [2.45, 2.75) is 111 Å². The predicted molar refractivity (Wildman–Crippen MR) is 169 cm³/mol. The second-order valence-electron chi connectivity index (χ2n) is 13.9. The van der Waals surface area contributed by atoms with Crippen molar-refractivity contribution in [1.29, 1.82) is 0 Å². The van der Waals surface area contributed by atoms with Crippen molar-refractivity contribution in [2.24, 2.45) is 0 Å². The van der Waals surface area contributed by atoms with Crippen LogP contribution in [0.2, 0.25) is 0 Å². The van der Waals surface area contributed by atoms with Crippen molar-refractivity contribution in [3.05, 3.63) is 47.2 Å². The maximum atomic E-state index is 13.6. The number of ether oxygens (including phenoxy) is 3. The zero-order valence-corrected chi connectivity index (χ0v) is 28.4. The molecule has 1 aromatic carbocycles. The molecule has 5 N–H and O–H groups in total. The minimum atomic E-state index is -1.60. The zero-order valence-electron chi connectivity index (χ0n) is 28.4. The van der Waals surface area contributed by atoms with Gasteiger partial charge in [-0.2, -0.15) is 9.78 Å². The number of nitrogens with one attached hydrogen (secondary N) is 3. The average Bonchev–Trinajstić information content (AvgIpc) is 3.21. The van der Waals surface area contributed by atoms with Crippen molar-refractivity contribution in [3.8, 4) is 5.88 Å². The molecule has 1 heterocycles. The van der Waals surface area contributed by atoms with Crippen LogP contribution in [0, 0.1) is 0 Å². The molecule has 2 aromatic rings. The molecule has 0 saturated heterocycles. The summed E-state index contributed by atoms with van der Waals surface area (Å²) in [6, 6.07) is 8.22. The molecule has 3 amide bonds. The number of aliphatic hydroxyl groups is 1. The van der Waals surface area contributed by atoms with Gasteiger partial charge in [0.05, 0.1) is 24.9 Å². The lowest BCUT2D eigenvalue weighted by Gasteiger charge is -2.29. The van der Waals surface area contributed by atoms with E-state index in [1.165, 1.54) is 27.7 Å². The molecule has 256 valence electrons. The van der Waals surface area contributed by atoms with Crippen LogP contribution >= 0.6 is 0 Å². The van der Waals surface area contributed by atoms with Crippen LogP contribution in [0.1, 0.15) is 96.9 Å². The fourth-order valence-corrected chi connectivity index (χ4v) is 4.12. The first-order chi connectivity index (χ1) is 21.1. The van der Waals surface area contributed by atoms with Gasteiger partial charge in [0.2, 0.25) is 11.8 Å². The molecule has 46 heavy (non-hydrogen) atoms. The van der Waals surface area contributed by atoms with Crippen molar-refractivity contribution < 1.29 is 43.6 Å². The number of aromatic nitrogens is 2. The Hall–Kier alpha value is -4.17. The number of rotatable bonds is 12. The minimum absolute atomic E-state index is 0.0439. The highest BCUT2D eigenvalue weighted by Gasteiger charge is 2.39. The summed E-state index contributed by atoms with van der Waals surface area (Å²) in [7, 11) is 0. The summed E-state index contributed by atoms with van der Waals surface area (Å²) in [5.41, 5.74) is -3.72. The highest BCUT2D eigenvalue weighted by atomic mass is 16.6. The third-order valence-corrected chi connectivity index (χ3v) is 6.30. The number of nitrogens with zero attached hydrogens (tertiary/aromatic N) is 2. The van der Waals surface area contributed by atoms with Gasteiger partial charge in [0, 0.05) is 18.6 Å². The number of hydrogen-bond donors (Lipinski definition) is 5. The average molecular weight is 648 g/mol. The number of aromatic hydroxyl groups is 1. The van der Waals surface area contributed by atoms with Crippen LogP contribution in [0.4, 0.5) is 9.59 Å². The molecule has 14 nitrogen and oxygen atoms in total. The number of benzene rings is 1. The fraction of sp³-hybridized carbons (Fsp3) is 0.594. The van der Waals surface area contributed by atoms with Crippen molar-refractivity contribution in [3.63, 3.8) is 0 Å². The largest absolute Gasteiger partial charge is 0.493 e. The van der Waals surface area contributed by atoms with E-state index >= 15 is 0 Å². The Kier molecular flexibility index (Phi) is 12.4. The van der Waals surface area contributed by atoms with E-state index < -0.39 is 64.8 Å². The monoisotopic (exact) mass is 647 g/mol. The Morgan fingerprint density at radius 3 is 1.87 bits per heavy atom. The van der Waals surface area contributed by atoms with E-state index in [4.69, 9.17) is 14.2 Å². The lowest BCUT2D eigenvalue weighted by Crippen LogP contribution is -2.56. The Bertz CT molecular complexity index is 1370. The van der Waals surface area contributed by atoms with E-state index in [1.54, 1.807) is 41.5 Å². The van der Waals surface area contributed by atoms with Crippen molar-refractivity contribution in [1.82, 2.24) is 25.7 Å². The highest BCUT2D eigenvalue weighted by molar-refractivity contribution is 5.92. The molecule has 0 aliphatic rings. The van der Waals surface area contributed by atoms with Gasteiger partial charge in [-0.05, 0) is 74.8 Å². The summed E-state index contributed by atoms with van der Waals surface area (Å²) < 4.78 is 17.2. The molecular weight excluding hydrogens is 598 g/mol. The SMILES string of the molecule is CC(C)(C)OC(=O)NC(C)(C)C(=O)N[C@H](COCc1ccccc1)c1nn(C(=O)C(C)(C)NC(=O)OC(C)(C)C)c(O)c1CCO. The van der Waals surface area contributed by atoms with E-state index in [1.807, 2.05) is 30.3 Å². The molecule has 1 aromatic heterocycles. The number of alkyl carbamates (subject to hydrolysis) is 2. The second-order valence-corrected chi connectivity index (χ2v) is 13.9. The first-order valence-electron chi connectivity index (χ1n) is 15.0. The quantitative estimate of drug-likeness (QED) is 0.227. The van der Waals surface area contributed by atoms with E-state index in [0.717, 1.165) is 5.56 Å². The smallest absolute Gasteiger partial charge is 0.408 e. The van der Waals surface area contributed by atoms with Crippen LogP contribution in [0.25, 0.3) is 0 Å². The van der Waals surface area contributed by atoms with Crippen molar-refractivity contribution >= 4 is 24.0 Å². The van der Waals surface area contributed by atoms with Gasteiger partial charge in [-0.3, -0.25) is 9.59 Å². The number of carbonyl (C=O) groups excluding carboxylic acids is 4. The van der Waals surface area contributed by atoms with Crippen molar-refractivity contribution in [2.75, 3.05) is 13.2 Å². The number of carbonyl (C=O) groups is 4. The minimum Gasteiger partial charge on any atom is -0.493 e. The number of amides is 3. The molecule has 0 radical (unpaired) electrons. The summed E-state index contributed by atoms with van der Waals surface area (Å²) in [5, 5.41) is 33.2. The zero-order chi connectivity index (χ0) is 35.1. The Morgan fingerprint density at radius 1 is 0.848 bits per heavy atom. The van der Waals surface area contributed by atoms with Gasteiger partial charge in [-0.25, -0.2) is 9.59 Å². The molecule has 14 heteroatoms. The molecular formula is C32H49N5O9. The van der Waals surface area contributed by atoms with Crippen LogP contribution in [0.15, 0.2) is 30.3 Å². The molecule has 0 spiro atoms. The van der Waals surface area contributed by atoms with Crippen LogP contribution in [-0.2, 0) is 32.0 Å². The van der Waals surface area contributed by atoms with E-state index in [-0.39, 0.29) is 30.9 Å². The second kappa shape index (κ2) is 14.9. The summed E-state index contributed by atoms with van der Waals surface area (Å²) in [5.74, 6) is -2.04. The van der Waals surface area contributed by atoms with Gasteiger partial charge in [-0.1, -0.05) is 30.3 Å². The fourth-order valence-electron chi connectivity index (χ4n) is 4.12. The summed E-state index contributed by atoms with van der Waals surface area (Å²) in [6.07, 6.45) is -1.79. The molecule has 0 bridgehead atoms. The van der Waals surface area contributed by atoms with Gasteiger partial charge < -0.3 is 40.4 Å². The lowest BCUT2D eigenvalue weighted by molar-refractivity contribution is -0.127. The number of hydrogen-bond acceptors (Lipinski definition) is 10. The maximum Gasteiger partial charge on any atom is 0.408 e. The van der Waals surface area contributed by atoms with Crippen LogP contribution in [0.5, 0.6) is 5.88 Å². The Balaban J connectivity index is 2.47. The maximum absolute atomic E-state index is 13.6. The molecule has 0 fully saturated rings. The van der Waals surface area contributed by atoms with Crippen LogP contribution < -0.4 is 16.0 Å². The van der Waals surface area contributed by atoms with E-state index in [0.29, 0.717) is 4.68 Å². The standard InChI is InChI=1S/C32H49N5O9/c1-29(2,3)45-27(42)34-31(7,8)25(40)33-22(19-44-18-20-14-12-11-13-15-20)23-21(16-17-38)24(39)37(36-23)26(41)32(9,10)35-28(43)46-30(4,5)6/h11-15,22,38-39H,16-19H2,1-10H3,(H,33,40)(H,34,42)(H,35,43)/t22-/m1/s1. The third kappa shape index (κ3) is 11.3. The van der Waals surface area contributed by atoms with Gasteiger partial charge in [0.15, 0.2) is 0 Å². The van der Waals surface area contributed by atoms with Crippen LogP contribution in [0.3, 0.4) is 0 Å². The molecule has 0 unspecified atom stereocenters. The van der Waals surface area contributed by atoms with Gasteiger partial charge in [-0.15, -0.1) is 0 Å². The molecule has 0 saturated carbocycles. The first-order valence-corrected chi connectivity index (χ1v) is 15.0. The topological polar surface area (TPSA) is 190 Å². The molecule has 0 aliphatic heterocycles. The van der Waals surface area contributed by atoms with Gasteiger partial charge in [0.25, 0.3) is 5.91 Å². The first kappa shape index (κ1) is 38.0. The summed E-state index contributed by atoms with van der Waals surface area (Å²) >= 11 is 0. The van der Waals surface area contributed by atoms with Gasteiger partial charge in [0.1, 0.15) is 22.3 Å². The molecule has 0 aliphatic carbocycles. The third-order valence-electron chi connectivity index (χ3n) is 6.30.